The topological polar surface area (TPSA) is 59.1 Å². The lowest BCUT2D eigenvalue weighted by atomic mass is 10.4. The summed E-state index contributed by atoms with van der Waals surface area (Å²) in [5.41, 5.74) is 4.98. The zero-order chi connectivity index (χ0) is 5.70. The summed E-state index contributed by atoms with van der Waals surface area (Å²) in [6.07, 6.45) is 0.538. The van der Waals surface area contributed by atoms with Crippen LogP contribution in [0.3, 0.4) is 0 Å². The van der Waals surface area contributed by atoms with Crippen molar-refractivity contribution < 1.29 is 4.74 Å². The van der Waals surface area contributed by atoms with E-state index in [1.54, 1.807) is 7.11 Å². The Morgan fingerprint density at radius 2 is 2.25 bits per heavy atom. The highest BCUT2D eigenvalue weighted by molar-refractivity contribution is 5.85. The molecule has 0 aromatic rings. The molecule has 0 saturated heterocycles. The standard InChI is InChI=1S/C4H10N2O.ClH/c1-7-3-2-4(5)6;/h2-3H2,1H3,(H3,5,6);1H. The quantitative estimate of drug-likeness (QED) is 0.438. The molecular weight excluding hydrogens is 128 g/mol. The average Bonchev–Trinajstić information content (AvgIpc) is 1.61. The third kappa shape index (κ3) is 9.21. The second kappa shape index (κ2) is 6.72. The van der Waals surface area contributed by atoms with Crippen molar-refractivity contribution in [3.8, 4) is 0 Å². The second-order valence-corrected chi connectivity index (χ2v) is 1.27. The molecule has 50 valence electrons. The molecule has 0 radical (unpaired) electrons. The van der Waals surface area contributed by atoms with Gasteiger partial charge in [-0.25, -0.2) is 0 Å². The van der Waals surface area contributed by atoms with Crippen molar-refractivity contribution in [1.82, 2.24) is 0 Å². The molecule has 0 aliphatic rings. The van der Waals surface area contributed by atoms with E-state index in [0.717, 1.165) is 0 Å². The van der Waals surface area contributed by atoms with E-state index in [0.29, 0.717) is 13.0 Å². The van der Waals surface area contributed by atoms with Crippen LogP contribution in [0.1, 0.15) is 6.42 Å². The SMILES string of the molecule is COCCC(=N)N.Cl. The van der Waals surface area contributed by atoms with Gasteiger partial charge < -0.3 is 10.5 Å². The fourth-order valence-electron chi connectivity index (χ4n) is 0.212. The molecule has 0 atom stereocenters. The molecule has 0 unspecified atom stereocenters. The highest BCUT2D eigenvalue weighted by atomic mass is 35.5. The molecule has 4 heteroatoms. The highest BCUT2D eigenvalue weighted by Gasteiger charge is 1.83. The summed E-state index contributed by atoms with van der Waals surface area (Å²) in [4.78, 5) is 0. The summed E-state index contributed by atoms with van der Waals surface area (Å²) in [6, 6.07) is 0. The number of nitrogens with two attached hydrogens (primary N) is 1. The van der Waals surface area contributed by atoms with Gasteiger partial charge in [-0.15, -0.1) is 12.4 Å². The van der Waals surface area contributed by atoms with Gasteiger partial charge in [-0.2, -0.15) is 0 Å². The number of methoxy groups -OCH3 is 1. The summed E-state index contributed by atoms with van der Waals surface area (Å²) in [7, 11) is 1.59. The van der Waals surface area contributed by atoms with E-state index in [-0.39, 0.29) is 18.2 Å². The van der Waals surface area contributed by atoms with Crippen LogP contribution in [-0.4, -0.2) is 19.6 Å². The fourth-order valence-corrected chi connectivity index (χ4v) is 0.212. The summed E-state index contributed by atoms with van der Waals surface area (Å²) >= 11 is 0. The Morgan fingerprint density at radius 3 is 2.38 bits per heavy atom. The number of hydrogen-bond acceptors (Lipinski definition) is 2. The van der Waals surface area contributed by atoms with E-state index in [4.69, 9.17) is 11.1 Å². The Balaban J connectivity index is 0. The summed E-state index contributed by atoms with van der Waals surface area (Å²) in [6.45, 7) is 0.551. The number of amidine groups is 1. The van der Waals surface area contributed by atoms with Crippen molar-refractivity contribution in [3.05, 3.63) is 0 Å². The third-order valence-electron chi connectivity index (χ3n) is 0.576. The third-order valence-corrected chi connectivity index (χ3v) is 0.576. The lowest BCUT2D eigenvalue weighted by Gasteiger charge is -1.92. The van der Waals surface area contributed by atoms with E-state index in [1.807, 2.05) is 0 Å². The van der Waals surface area contributed by atoms with E-state index in [1.165, 1.54) is 0 Å². The largest absolute Gasteiger partial charge is 0.388 e. The minimum absolute atomic E-state index is 0. The molecule has 0 aliphatic carbocycles. The number of nitrogens with one attached hydrogen (secondary N) is 1. The maximum Gasteiger partial charge on any atom is 0.0928 e. The summed E-state index contributed by atoms with van der Waals surface area (Å²) in [5, 5.41) is 6.70. The normalized spacial score (nSPS) is 7.62. The number of hydrogen-bond donors (Lipinski definition) is 2. The van der Waals surface area contributed by atoms with Crippen molar-refractivity contribution in [2.45, 2.75) is 6.42 Å². The Kier molecular flexibility index (Phi) is 8.95. The van der Waals surface area contributed by atoms with Gasteiger partial charge in [-0.1, -0.05) is 0 Å². The van der Waals surface area contributed by atoms with Crippen molar-refractivity contribution in [2.75, 3.05) is 13.7 Å². The average molecular weight is 139 g/mol. The van der Waals surface area contributed by atoms with Gasteiger partial charge in [0.25, 0.3) is 0 Å². The van der Waals surface area contributed by atoms with Gasteiger partial charge in [0.15, 0.2) is 0 Å². The molecule has 3 nitrogen and oxygen atoms in total. The molecule has 0 bridgehead atoms. The van der Waals surface area contributed by atoms with E-state index in [2.05, 4.69) is 4.74 Å². The molecule has 0 spiro atoms. The first-order valence-electron chi connectivity index (χ1n) is 2.09. The van der Waals surface area contributed by atoms with Gasteiger partial charge in [0.1, 0.15) is 0 Å². The Morgan fingerprint density at radius 1 is 1.75 bits per heavy atom. The zero-order valence-electron chi connectivity index (χ0n) is 4.81. The molecule has 8 heavy (non-hydrogen) atoms. The molecule has 0 aromatic heterocycles. The monoisotopic (exact) mass is 138 g/mol. The van der Waals surface area contributed by atoms with Crippen LogP contribution in [-0.2, 0) is 4.74 Å². The van der Waals surface area contributed by atoms with Crippen LogP contribution in [0, 0.1) is 5.41 Å². The molecule has 0 heterocycles. The van der Waals surface area contributed by atoms with Crippen LogP contribution in [0.15, 0.2) is 0 Å². The van der Waals surface area contributed by atoms with Gasteiger partial charge >= 0.3 is 0 Å². The lowest BCUT2D eigenvalue weighted by Crippen LogP contribution is -2.11. The predicted octanol–water partition coefficient (Wildman–Crippen LogP) is 0.381. The number of ether oxygens (including phenoxy) is 1. The summed E-state index contributed by atoms with van der Waals surface area (Å²) in [5.74, 6) is 0.182. The van der Waals surface area contributed by atoms with Crippen molar-refractivity contribution in [3.63, 3.8) is 0 Å². The molecular formula is C4H11ClN2O. The first-order valence-corrected chi connectivity index (χ1v) is 2.09. The van der Waals surface area contributed by atoms with Gasteiger partial charge in [0.05, 0.1) is 12.4 Å². The van der Waals surface area contributed by atoms with Gasteiger partial charge in [-0.05, 0) is 0 Å². The van der Waals surface area contributed by atoms with Gasteiger partial charge in [-0.3, -0.25) is 5.41 Å². The van der Waals surface area contributed by atoms with E-state index in [9.17, 15) is 0 Å². The van der Waals surface area contributed by atoms with Crippen molar-refractivity contribution in [1.29, 1.82) is 5.41 Å². The van der Waals surface area contributed by atoms with E-state index >= 15 is 0 Å². The van der Waals surface area contributed by atoms with Crippen LogP contribution in [0.2, 0.25) is 0 Å². The maximum atomic E-state index is 6.70. The van der Waals surface area contributed by atoms with Gasteiger partial charge in [0.2, 0.25) is 0 Å². The zero-order valence-corrected chi connectivity index (χ0v) is 5.62. The smallest absolute Gasteiger partial charge is 0.0928 e. The van der Waals surface area contributed by atoms with Crippen LogP contribution in [0.5, 0.6) is 0 Å². The Bertz CT molecular complexity index is 67.1. The Labute approximate surface area is 55.1 Å². The van der Waals surface area contributed by atoms with Crippen LogP contribution in [0.25, 0.3) is 0 Å². The predicted molar refractivity (Wildman–Crippen MR) is 35.7 cm³/mol. The number of halogens is 1. The van der Waals surface area contributed by atoms with Gasteiger partial charge in [0, 0.05) is 13.5 Å². The first kappa shape index (κ1) is 10.7. The molecule has 0 fully saturated rings. The molecule has 0 rings (SSSR count). The lowest BCUT2D eigenvalue weighted by molar-refractivity contribution is 0.207. The highest BCUT2D eigenvalue weighted by Crippen LogP contribution is 1.74. The van der Waals surface area contributed by atoms with Crippen molar-refractivity contribution in [2.24, 2.45) is 5.73 Å². The number of rotatable bonds is 3. The minimum Gasteiger partial charge on any atom is -0.388 e. The first-order chi connectivity index (χ1) is 3.27. The maximum absolute atomic E-state index is 6.70. The van der Waals surface area contributed by atoms with Crippen molar-refractivity contribution >= 4 is 18.2 Å². The molecule has 0 aromatic carbocycles. The van der Waals surface area contributed by atoms with E-state index < -0.39 is 0 Å². The van der Waals surface area contributed by atoms with Crippen LogP contribution in [0.4, 0.5) is 0 Å². The Hall–Kier alpha value is -0.280. The van der Waals surface area contributed by atoms with Crippen LogP contribution >= 0.6 is 12.4 Å². The molecule has 3 N–H and O–H groups in total. The second-order valence-electron chi connectivity index (χ2n) is 1.27. The fraction of sp³-hybridized carbons (Fsp3) is 0.750. The van der Waals surface area contributed by atoms with Crippen LogP contribution < -0.4 is 5.73 Å². The molecule has 0 aliphatic heterocycles. The summed E-state index contributed by atoms with van der Waals surface area (Å²) < 4.78 is 4.63. The minimum atomic E-state index is 0. The molecule has 0 saturated carbocycles. The molecule has 0 amide bonds.